The highest BCUT2D eigenvalue weighted by Crippen LogP contribution is 2.39. The number of anilines is 1. The predicted molar refractivity (Wildman–Crippen MR) is 127 cm³/mol. The van der Waals surface area contributed by atoms with Crippen molar-refractivity contribution in [3.63, 3.8) is 0 Å². The van der Waals surface area contributed by atoms with E-state index in [0.717, 1.165) is 12.0 Å². The maximum absolute atomic E-state index is 12.4. The van der Waals surface area contributed by atoms with Crippen LogP contribution in [0.2, 0.25) is 5.02 Å². The zero-order chi connectivity index (χ0) is 24.4. The van der Waals surface area contributed by atoms with Crippen LogP contribution in [0.3, 0.4) is 0 Å². The van der Waals surface area contributed by atoms with Crippen LogP contribution in [0.1, 0.15) is 12.8 Å². The normalized spacial score (nSPS) is 10.9. The summed E-state index contributed by atoms with van der Waals surface area (Å²) in [6.07, 6.45) is 1.53. The van der Waals surface area contributed by atoms with Crippen LogP contribution in [-0.4, -0.2) is 61.6 Å². The summed E-state index contributed by atoms with van der Waals surface area (Å²) in [5, 5.41) is 3.05. The topological polar surface area (TPSA) is 103 Å². The molecule has 0 bridgehead atoms. The van der Waals surface area contributed by atoms with Crippen LogP contribution in [0.5, 0.6) is 23.0 Å². The van der Waals surface area contributed by atoms with Crippen LogP contribution in [0.15, 0.2) is 36.4 Å². The third-order valence-electron chi connectivity index (χ3n) is 4.64. The molecule has 0 aliphatic heterocycles. The number of nitrogens with zero attached hydrogens (tertiary/aromatic N) is 1. The summed E-state index contributed by atoms with van der Waals surface area (Å²) in [5.74, 6) is 1.79. The number of ether oxygens (including phenoxy) is 4. The fraction of sp³-hybridized carbons (Fsp3) is 0.409. The molecule has 0 atom stereocenters. The number of nitrogens with one attached hydrogen (secondary N) is 1. The molecule has 1 N–H and O–H groups in total. The summed E-state index contributed by atoms with van der Waals surface area (Å²) in [7, 11) is 0.793. The lowest BCUT2D eigenvalue weighted by atomic mass is 10.2. The number of carbonyl (C=O) groups excluding carboxylic acids is 1. The lowest BCUT2D eigenvalue weighted by Gasteiger charge is -2.25. The second kappa shape index (κ2) is 12.4. The molecule has 33 heavy (non-hydrogen) atoms. The average Bonchev–Trinajstić information content (AvgIpc) is 2.79. The second-order valence-electron chi connectivity index (χ2n) is 6.97. The number of amides is 1. The molecule has 2 rings (SSSR count). The number of hydrogen-bond acceptors (Lipinski definition) is 7. The van der Waals surface area contributed by atoms with Crippen molar-refractivity contribution in [1.82, 2.24) is 5.32 Å². The highest BCUT2D eigenvalue weighted by atomic mass is 35.5. The molecule has 0 heterocycles. The van der Waals surface area contributed by atoms with Gasteiger partial charge >= 0.3 is 0 Å². The number of benzene rings is 2. The molecule has 2 aromatic carbocycles. The molecule has 0 fully saturated rings. The van der Waals surface area contributed by atoms with Crippen molar-refractivity contribution in [2.45, 2.75) is 12.8 Å². The number of halogens is 1. The van der Waals surface area contributed by atoms with Gasteiger partial charge in [0.2, 0.25) is 15.9 Å². The molecule has 182 valence electrons. The van der Waals surface area contributed by atoms with E-state index < -0.39 is 10.0 Å². The highest BCUT2D eigenvalue weighted by molar-refractivity contribution is 7.92. The Morgan fingerprint density at radius 2 is 1.64 bits per heavy atom. The SMILES string of the molecule is COc1ccc(OCCNC(=O)CCCN(c2cc(OC)c(Cl)cc2OC)S(C)(=O)=O)cc1. The third kappa shape index (κ3) is 7.90. The monoisotopic (exact) mass is 500 g/mol. The second-order valence-corrected chi connectivity index (χ2v) is 9.29. The zero-order valence-electron chi connectivity index (χ0n) is 19.1. The van der Waals surface area contributed by atoms with Crippen molar-refractivity contribution in [2.75, 3.05) is 51.6 Å². The van der Waals surface area contributed by atoms with Crippen molar-refractivity contribution < 1.29 is 32.2 Å². The molecule has 0 unspecified atom stereocenters. The summed E-state index contributed by atoms with van der Waals surface area (Å²) < 4.78 is 47.2. The van der Waals surface area contributed by atoms with Crippen molar-refractivity contribution in [3.8, 4) is 23.0 Å². The van der Waals surface area contributed by atoms with Gasteiger partial charge in [-0.2, -0.15) is 0 Å². The fourth-order valence-electron chi connectivity index (χ4n) is 3.01. The fourth-order valence-corrected chi connectivity index (χ4v) is 4.20. The Labute approximate surface area is 199 Å². The van der Waals surface area contributed by atoms with Crippen LogP contribution < -0.4 is 28.6 Å². The van der Waals surface area contributed by atoms with E-state index in [2.05, 4.69) is 5.32 Å². The quantitative estimate of drug-likeness (QED) is 0.421. The maximum atomic E-state index is 12.4. The van der Waals surface area contributed by atoms with Crippen LogP contribution >= 0.6 is 11.6 Å². The van der Waals surface area contributed by atoms with Crippen LogP contribution in [0.4, 0.5) is 5.69 Å². The summed E-state index contributed by atoms with van der Waals surface area (Å²) >= 11 is 6.12. The highest BCUT2D eigenvalue weighted by Gasteiger charge is 2.23. The average molecular weight is 501 g/mol. The van der Waals surface area contributed by atoms with Gasteiger partial charge in [-0.25, -0.2) is 8.42 Å². The molecule has 0 saturated heterocycles. The van der Waals surface area contributed by atoms with Gasteiger partial charge in [-0.15, -0.1) is 0 Å². The molecule has 0 aliphatic rings. The number of methoxy groups -OCH3 is 3. The van der Waals surface area contributed by atoms with E-state index in [4.69, 9.17) is 30.5 Å². The van der Waals surface area contributed by atoms with E-state index in [9.17, 15) is 13.2 Å². The van der Waals surface area contributed by atoms with Gasteiger partial charge in [0.25, 0.3) is 0 Å². The Morgan fingerprint density at radius 1 is 1.00 bits per heavy atom. The van der Waals surface area contributed by atoms with Gasteiger partial charge in [0.15, 0.2) is 0 Å². The first-order valence-electron chi connectivity index (χ1n) is 10.1. The first-order valence-corrected chi connectivity index (χ1v) is 12.3. The van der Waals surface area contributed by atoms with Gasteiger partial charge in [0, 0.05) is 25.1 Å². The molecule has 0 aliphatic carbocycles. The lowest BCUT2D eigenvalue weighted by Crippen LogP contribution is -2.33. The van der Waals surface area contributed by atoms with Crippen molar-refractivity contribution >= 4 is 33.2 Å². The van der Waals surface area contributed by atoms with E-state index >= 15 is 0 Å². The van der Waals surface area contributed by atoms with Crippen LogP contribution in [0, 0.1) is 0 Å². The number of hydrogen-bond donors (Lipinski definition) is 1. The summed E-state index contributed by atoms with van der Waals surface area (Å²) in [4.78, 5) is 12.2. The van der Waals surface area contributed by atoms with Crippen molar-refractivity contribution in [3.05, 3.63) is 41.4 Å². The smallest absolute Gasteiger partial charge is 0.232 e. The van der Waals surface area contributed by atoms with Gasteiger partial charge in [-0.1, -0.05) is 11.6 Å². The standard InChI is InChI=1S/C22H29ClN2O7S/c1-29-16-7-9-17(10-8-16)32-13-11-24-22(26)6-5-12-25(33(4,27)28)19-15-20(30-2)18(23)14-21(19)31-3/h7-10,14-15H,5-6,11-13H2,1-4H3,(H,24,26). The number of sulfonamides is 1. The Hall–Kier alpha value is -2.85. The van der Waals surface area contributed by atoms with Crippen molar-refractivity contribution in [2.24, 2.45) is 0 Å². The minimum absolute atomic E-state index is 0.0791. The Bertz CT molecular complexity index is 1030. The molecule has 11 heteroatoms. The molecule has 9 nitrogen and oxygen atoms in total. The Balaban J connectivity index is 1.88. The maximum Gasteiger partial charge on any atom is 0.232 e. The molecular formula is C22H29ClN2O7S. The van der Waals surface area contributed by atoms with Gasteiger partial charge < -0.3 is 24.3 Å². The minimum atomic E-state index is -3.65. The summed E-state index contributed by atoms with van der Waals surface area (Å²) in [6, 6.07) is 10.1. The van der Waals surface area contributed by atoms with Crippen molar-refractivity contribution in [1.29, 1.82) is 0 Å². The van der Waals surface area contributed by atoms with E-state index in [1.165, 1.54) is 30.7 Å². The molecule has 0 spiro atoms. The zero-order valence-corrected chi connectivity index (χ0v) is 20.7. The Morgan fingerprint density at radius 3 is 2.21 bits per heavy atom. The molecular weight excluding hydrogens is 472 g/mol. The molecule has 0 saturated carbocycles. The van der Waals surface area contributed by atoms with Gasteiger partial charge in [0.05, 0.1) is 44.8 Å². The number of rotatable bonds is 13. The molecule has 2 aromatic rings. The number of carbonyl (C=O) groups is 1. The van der Waals surface area contributed by atoms with E-state index in [1.54, 1.807) is 31.4 Å². The lowest BCUT2D eigenvalue weighted by molar-refractivity contribution is -0.121. The Kier molecular flexibility index (Phi) is 9.93. The van der Waals surface area contributed by atoms with E-state index in [1.807, 2.05) is 0 Å². The molecule has 1 amide bonds. The first kappa shape index (κ1) is 26.4. The third-order valence-corrected chi connectivity index (χ3v) is 6.12. The molecule has 0 radical (unpaired) electrons. The predicted octanol–water partition coefficient (Wildman–Crippen LogP) is 3.11. The molecule has 0 aromatic heterocycles. The summed E-state index contributed by atoms with van der Waals surface area (Å²) in [6.45, 7) is 0.702. The van der Waals surface area contributed by atoms with E-state index in [-0.39, 0.29) is 30.3 Å². The van der Waals surface area contributed by atoms with Gasteiger partial charge in [-0.05, 0) is 30.7 Å². The first-order chi connectivity index (χ1) is 15.7. The van der Waals surface area contributed by atoms with Crippen LogP contribution in [0.25, 0.3) is 0 Å². The summed E-state index contributed by atoms with van der Waals surface area (Å²) in [5.41, 5.74) is 0.287. The van der Waals surface area contributed by atoms with Gasteiger partial charge in [-0.3, -0.25) is 9.10 Å². The minimum Gasteiger partial charge on any atom is -0.497 e. The largest absolute Gasteiger partial charge is 0.497 e. The van der Waals surface area contributed by atoms with E-state index in [0.29, 0.717) is 36.1 Å². The van der Waals surface area contributed by atoms with Crippen LogP contribution in [-0.2, 0) is 14.8 Å². The van der Waals surface area contributed by atoms with Gasteiger partial charge in [0.1, 0.15) is 29.6 Å².